The summed E-state index contributed by atoms with van der Waals surface area (Å²) in [4.78, 5) is 0. The predicted octanol–water partition coefficient (Wildman–Crippen LogP) is 3.08. The van der Waals surface area contributed by atoms with Crippen LogP contribution in [-0.4, -0.2) is 41.8 Å². The summed E-state index contributed by atoms with van der Waals surface area (Å²) in [5, 5.41) is 4.33. The van der Waals surface area contributed by atoms with Gasteiger partial charge in [-0.3, -0.25) is 4.68 Å². The fourth-order valence-electron chi connectivity index (χ4n) is 3.01. The van der Waals surface area contributed by atoms with E-state index in [9.17, 15) is 8.78 Å². The second-order valence-corrected chi connectivity index (χ2v) is 7.80. The molecule has 0 radical (unpaired) electrons. The first-order valence-corrected chi connectivity index (χ1v) is 8.94. The van der Waals surface area contributed by atoms with Crippen molar-refractivity contribution < 1.29 is 22.8 Å². The standard InChI is InChI=1S/C19H25BF2N2O3/c1-12-14(11-24(23-12)9-10-25-6)13-7-8-15(17(22)16(13)21)20-26-18(2,3)19(4,5)27-20/h7-8,11H,9-10H2,1-6H3. The maximum Gasteiger partial charge on any atom is 0.497 e. The van der Waals surface area contributed by atoms with Crippen molar-refractivity contribution in [2.24, 2.45) is 0 Å². The van der Waals surface area contributed by atoms with Crippen LogP contribution in [-0.2, 0) is 20.6 Å². The molecule has 5 nitrogen and oxygen atoms in total. The maximum absolute atomic E-state index is 14.9. The molecule has 0 spiro atoms. The van der Waals surface area contributed by atoms with Crippen molar-refractivity contribution in [3.05, 3.63) is 35.7 Å². The normalized spacial score (nSPS) is 18.3. The van der Waals surface area contributed by atoms with Gasteiger partial charge in [0.2, 0.25) is 0 Å². The number of ether oxygens (including phenoxy) is 1. The van der Waals surface area contributed by atoms with Crippen molar-refractivity contribution in [1.29, 1.82) is 0 Å². The van der Waals surface area contributed by atoms with E-state index in [2.05, 4.69) is 5.10 Å². The largest absolute Gasteiger partial charge is 0.497 e. The van der Waals surface area contributed by atoms with Crippen LogP contribution < -0.4 is 5.46 Å². The van der Waals surface area contributed by atoms with E-state index < -0.39 is 30.0 Å². The van der Waals surface area contributed by atoms with Crippen LogP contribution in [0.5, 0.6) is 0 Å². The van der Waals surface area contributed by atoms with Gasteiger partial charge in [-0.1, -0.05) is 12.1 Å². The van der Waals surface area contributed by atoms with Crippen molar-refractivity contribution in [3.8, 4) is 11.1 Å². The molecule has 2 aromatic rings. The van der Waals surface area contributed by atoms with Crippen LogP contribution in [0.4, 0.5) is 8.78 Å². The summed E-state index contributed by atoms with van der Waals surface area (Å²) in [7, 11) is 0.643. The molecule has 3 rings (SSSR count). The van der Waals surface area contributed by atoms with Gasteiger partial charge < -0.3 is 14.0 Å². The highest BCUT2D eigenvalue weighted by Crippen LogP contribution is 2.37. The summed E-state index contributed by atoms with van der Waals surface area (Å²) >= 11 is 0. The first-order chi connectivity index (χ1) is 12.6. The van der Waals surface area contributed by atoms with E-state index in [1.807, 2.05) is 27.7 Å². The Morgan fingerprint density at radius 2 is 1.70 bits per heavy atom. The molecule has 0 saturated carbocycles. The molecule has 0 bridgehead atoms. The molecule has 0 unspecified atom stereocenters. The Morgan fingerprint density at radius 3 is 2.30 bits per heavy atom. The minimum absolute atomic E-state index is 0.0549. The third kappa shape index (κ3) is 3.53. The van der Waals surface area contributed by atoms with Gasteiger partial charge in [0.05, 0.1) is 30.0 Å². The molecule has 0 aliphatic carbocycles. The lowest BCUT2D eigenvalue weighted by atomic mass is 9.78. The van der Waals surface area contributed by atoms with Crippen molar-refractivity contribution in [1.82, 2.24) is 9.78 Å². The summed E-state index contributed by atoms with van der Waals surface area (Å²) in [6, 6.07) is 3.06. The van der Waals surface area contributed by atoms with Crippen molar-refractivity contribution in [2.75, 3.05) is 13.7 Å². The van der Waals surface area contributed by atoms with Crippen molar-refractivity contribution in [3.63, 3.8) is 0 Å². The predicted molar refractivity (Wildman–Crippen MR) is 99.9 cm³/mol. The third-order valence-corrected chi connectivity index (χ3v) is 5.38. The molecule has 1 saturated heterocycles. The first kappa shape index (κ1) is 20.0. The number of aromatic nitrogens is 2. The van der Waals surface area contributed by atoms with Gasteiger partial charge >= 0.3 is 7.12 Å². The van der Waals surface area contributed by atoms with Gasteiger partial charge in [-0.05, 0) is 34.6 Å². The molecule has 0 amide bonds. The quantitative estimate of drug-likeness (QED) is 0.751. The molecular weight excluding hydrogens is 353 g/mol. The number of hydrogen-bond donors (Lipinski definition) is 0. The number of halogens is 2. The Hall–Kier alpha value is -1.77. The molecule has 1 aliphatic rings. The van der Waals surface area contributed by atoms with E-state index in [0.717, 1.165) is 0 Å². The fraction of sp³-hybridized carbons (Fsp3) is 0.526. The van der Waals surface area contributed by atoms with E-state index in [1.54, 1.807) is 31.0 Å². The number of nitrogens with zero attached hydrogens (tertiary/aromatic N) is 2. The van der Waals surface area contributed by atoms with E-state index in [-0.39, 0.29) is 11.0 Å². The number of aryl methyl sites for hydroxylation is 1. The van der Waals surface area contributed by atoms with Gasteiger partial charge in [-0.25, -0.2) is 8.78 Å². The van der Waals surface area contributed by atoms with E-state index in [0.29, 0.717) is 24.4 Å². The second-order valence-electron chi connectivity index (χ2n) is 7.80. The first-order valence-electron chi connectivity index (χ1n) is 8.94. The van der Waals surface area contributed by atoms with Crippen molar-refractivity contribution >= 4 is 12.6 Å². The Balaban J connectivity index is 1.94. The highest BCUT2D eigenvalue weighted by molar-refractivity contribution is 6.62. The summed E-state index contributed by atoms with van der Waals surface area (Å²) in [5.74, 6) is -1.90. The zero-order valence-electron chi connectivity index (χ0n) is 16.6. The molecular formula is C19H25BF2N2O3. The zero-order chi connectivity index (χ0) is 20.0. The molecule has 1 aliphatic heterocycles. The lowest BCUT2D eigenvalue weighted by Gasteiger charge is -2.32. The highest BCUT2D eigenvalue weighted by Gasteiger charge is 2.52. The molecule has 146 valence electrons. The summed E-state index contributed by atoms with van der Waals surface area (Å²) in [5.41, 5.74) is 0.125. The van der Waals surface area contributed by atoms with Crippen LogP contribution in [0.3, 0.4) is 0 Å². The van der Waals surface area contributed by atoms with Crippen LogP contribution >= 0.6 is 0 Å². The molecule has 1 aromatic carbocycles. The number of benzene rings is 1. The fourth-order valence-corrected chi connectivity index (χ4v) is 3.01. The Morgan fingerprint density at radius 1 is 1.07 bits per heavy atom. The molecule has 0 atom stereocenters. The van der Waals surface area contributed by atoms with Gasteiger partial charge in [0.25, 0.3) is 0 Å². The molecule has 0 N–H and O–H groups in total. The third-order valence-electron chi connectivity index (χ3n) is 5.38. The van der Waals surface area contributed by atoms with Gasteiger partial charge in [0, 0.05) is 29.9 Å². The van der Waals surface area contributed by atoms with Gasteiger partial charge in [-0.2, -0.15) is 5.10 Å². The number of methoxy groups -OCH3 is 1. The SMILES string of the molecule is COCCn1cc(-c2ccc(B3OC(C)(C)C(C)(C)O3)c(F)c2F)c(C)n1. The Bertz CT molecular complexity index is 836. The lowest BCUT2D eigenvalue weighted by molar-refractivity contribution is 0.00578. The smallest absolute Gasteiger partial charge is 0.399 e. The molecule has 2 heterocycles. The van der Waals surface area contributed by atoms with Gasteiger partial charge in [-0.15, -0.1) is 0 Å². The van der Waals surface area contributed by atoms with Crippen LogP contribution in [0.25, 0.3) is 11.1 Å². The van der Waals surface area contributed by atoms with Crippen LogP contribution in [0.2, 0.25) is 0 Å². The zero-order valence-corrected chi connectivity index (χ0v) is 16.6. The minimum atomic E-state index is -0.963. The molecule has 1 aromatic heterocycles. The second kappa shape index (κ2) is 7.00. The summed E-state index contributed by atoms with van der Waals surface area (Å²) < 4.78 is 48.1. The average Bonchev–Trinajstić information content (AvgIpc) is 3.04. The molecule has 1 fully saturated rings. The summed E-state index contributed by atoms with van der Waals surface area (Å²) in [6.07, 6.45) is 1.70. The molecule has 27 heavy (non-hydrogen) atoms. The van der Waals surface area contributed by atoms with Gasteiger partial charge in [0.15, 0.2) is 11.6 Å². The minimum Gasteiger partial charge on any atom is -0.399 e. The number of hydrogen-bond acceptors (Lipinski definition) is 4. The Labute approximate surface area is 158 Å². The van der Waals surface area contributed by atoms with E-state index >= 15 is 0 Å². The molecule has 8 heteroatoms. The lowest BCUT2D eigenvalue weighted by Crippen LogP contribution is -2.41. The van der Waals surface area contributed by atoms with Crippen LogP contribution in [0, 0.1) is 18.6 Å². The average molecular weight is 378 g/mol. The van der Waals surface area contributed by atoms with Crippen molar-refractivity contribution in [2.45, 2.75) is 52.4 Å². The topological polar surface area (TPSA) is 45.5 Å². The maximum atomic E-state index is 14.9. The Kier molecular flexibility index (Phi) is 5.18. The van der Waals surface area contributed by atoms with Gasteiger partial charge in [0.1, 0.15) is 0 Å². The van der Waals surface area contributed by atoms with Crippen LogP contribution in [0.15, 0.2) is 18.3 Å². The summed E-state index contributed by atoms with van der Waals surface area (Å²) in [6.45, 7) is 10.3. The highest BCUT2D eigenvalue weighted by atomic mass is 19.2. The van der Waals surface area contributed by atoms with E-state index in [1.165, 1.54) is 6.07 Å². The monoisotopic (exact) mass is 378 g/mol. The van der Waals surface area contributed by atoms with Crippen LogP contribution in [0.1, 0.15) is 33.4 Å². The van der Waals surface area contributed by atoms with E-state index in [4.69, 9.17) is 14.0 Å². The number of rotatable bonds is 5.